The third-order valence-electron chi connectivity index (χ3n) is 4.30. The second kappa shape index (κ2) is 6.70. The zero-order chi connectivity index (χ0) is 16.3. The summed E-state index contributed by atoms with van der Waals surface area (Å²) in [6.45, 7) is -0.226. The van der Waals surface area contributed by atoms with Gasteiger partial charge in [-0.3, -0.25) is 4.79 Å². The van der Waals surface area contributed by atoms with Crippen LogP contribution in [0.1, 0.15) is 38.5 Å². The summed E-state index contributed by atoms with van der Waals surface area (Å²) >= 11 is 0. The fourth-order valence-electron chi connectivity index (χ4n) is 3.06. The van der Waals surface area contributed by atoms with Crippen LogP contribution in [0.25, 0.3) is 0 Å². The Morgan fingerprint density at radius 3 is 2.61 bits per heavy atom. The number of carbonyl (C=O) groups is 1. The van der Waals surface area contributed by atoms with Crippen LogP contribution in [0.4, 0.5) is 5.69 Å². The second-order valence-corrected chi connectivity index (χ2v) is 7.88. The minimum atomic E-state index is -3.70. The largest absolute Gasteiger partial charge is 0.352 e. The summed E-state index contributed by atoms with van der Waals surface area (Å²) in [6.07, 6.45) is 7.80. The number of hydrogen-bond acceptors (Lipinski definition) is 4. The highest BCUT2D eigenvalue weighted by atomic mass is 32.2. The van der Waals surface area contributed by atoms with Crippen LogP contribution in [-0.2, 0) is 14.8 Å². The molecular weight excluding hydrogens is 314 g/mol. The number of aliphatic imine (C=N–C) groups is 1. The number of nitrogens with zero attached hydrogens (tertiary/aromatic N) is 2. The van der Waals surface area contributed by atoms with Crippen molar-refractivity contribution in [1.29, 1.82) is 0 Å². The Labute approximate surface area is 136 Å². The van der Waals surface area contributed by atoms with Gasteiger partial charge in [-0.05, 0) is 25.0 Å². The van der Waals surface area contributed by atoms with Crippen molar-refractivity contribution in [3.63, 3.8) is 0 Å². The lowest BCUT2D eigenvalue weighted by atomic mass is 10.1. The fraction of sp³-hybridized carbons (Fsp3) is 0.500. The molecule has 1 aromatic rings. The van der Waals surface area contributed by atoms with Crippen LogP contribution in [0, 0.1) is 0 Å². The van der Waals surface area contributed by atoms with Crippen LogP contribution >= 0.6 is 0 Å². The maximum absolute atomic E-state index is 12.5. The third-order valence-corrected chi connectivity index (χ3v) is 6.04. The third kappa shape index (κ3) is 3.55. The van der Waals surface area contributed by atoms with Crippen molar-refractivity contribution in [3.8, 4) is 0 Å². The van der Waals surface area contributed by atoms with Crippen LogP contribution in [0.2, 0.25) is 0 Å². The molecule has 0 spiro atoms. The Morgan fingerprint density at radius 2 is 1.87 bits per heavy atom. The first-order valence-corrected chi connectivity index (χ1v) is 9.46. The van der Waals surface area contributed by atoms with Crippen LogP contribution in [0.3, 0.4) is 0 Å². The van der Waals surface area contributed by atoms with Crippen molar-refractivity contribution in [2.75, 3.05) is 6.54 Å². The summed E-state index contributed by atoms with van der Waals surface area (Å²) in [5.41, 5.74) is 0.410. The molecule has 1 amide bonds. The number of amides is 1. The van der Waals surface area contributed by atoms with Gasteiger partial charge >= 0.3 is 0 Å². The molecule has 0 aromatic heterocycles. The van der Waals surface area contributed by atoms with Gasteiger partial charge in [-0.25, -0.2) is 17.7 Å². The van der Waals surface area contributed by atoms with Gasteiger partial charge in [0, 0.05) is 6.04 Å². The molecule has 6 nitrogen and oxygen atoms in total. The highest BCUT2D eigenvalue weighted by Gasteiger charge is 2.30. The number of nitrogens with one attached hydrogen (secondary N) is 1. The molecule has 2 aliphatic rings. The highest BCUT2D eigenvalue weighted by molar-refractivity contribution is 7.89. The van der Waals surface area contributed by atoms with E-state index < -0.39 is 10.0 Å². The van der Waals surface area contributed by atoms with E-state index in [1.54, 1.807) is 18.2 Å². The van der Waals surface area contributed by atoms with Crippen LogP contribution in [0.15, 0.2) is 34.2 Å². The molecule has 1 aromatic carbocycles. The van der Waals surface area contributed by atoms with E-state index in [0.717, 1.165) is 30.0 Å². The first-order chi connectivity index (χ1) is 11.1. The van der Waals surface area contributed by atoms with E-state index in [0.29, 0.717) is 5.69 Å². The zero-order valence-corrected chi connectivity index (χ0v) is 13.8. The minimum Gasteiger partial charge on any atom is -0.352 e. The van der Waals surface area contributed by atoms with Crippen LogP contribution < -0.4 is 5.32 Å². The van der Waals surface area contributed by atoms with Gasteiger partial charge in [0.15, 0.2) is 0 Å². The van der Waals surface area contributed by atoms with Gasteiger partial charge in [0.1, 0.15) is 17.8 Å². The Balaban J connectivity index is 1.67. The predicted octanol–water partition coefficient (Wildman–Crippen LogP) is 2.19. The summed E-state index contributed by atoms with van der Waals surface area (Å²) in [6, 6.07) is 6.70. The highest BCUT2D eigenvalue weighted by Crippen LogP contribution is 2.29. The first kappa shape index (κ1) is 16.0. The maximum atomic E-state index is 12.5. The molecule has 124 valence electrons. The molecule has 23 heavy (non-hydrogen) atoms. The van der Waals surface area contributed by atoms with E-state index in [-0.39, 0.29) is 23.4 Å². The molecular formula is C16H21N3O3S. The quantitative estimate of drug-likeness (QED) is 0.860. The van der Waals surface area contributed by atoms with Gasteiger partial charge in [0.2, 0.25) is 5.91 Å². The number of benzene rings is 1. The summed E-state index contributed by atoms with van der Waals surface area (Å²) < 4.78 is 26.1. The molecule has 1 fully saturated rings. The molecule has 3 rings (SSSR count). The van der Waals surface area contributed by atoms with Crippen molar-refractivity contribution >= 4 is 28.0 Å². The number of hydrogen-bond donors (Lipinski definition) is 1. The lowest BCUT2D eigenvalue weighted by Gasteiger charge is -2.24. The number of fused-ring (bicyclic) bond motifs is 1. The smallest absolute Gasteiger partial charge is 0.267 e. The van der Waals surface area contributed by atoms with Gasteiger partial charge < -0.3 is 5.32 Å². The van der Waals surface area contributed by atoms with Crippen molar-refractivity contribution in [1.82, 2.24) is 9.62 Å². The second-order valence-electron chi connectivity index (χ2n) is 6.02. The Hall–Kier alpha value is -1.89. The molecule has 0 radical (unpaired) electrons. The average molecular weight is 335 g/mol. The van der Waals surface area contributed by atoms with E-state index in [2.05, 4.69) is 10.3 Å². The summed E-state index contributed by atoms with van der Waals surface area (Å²) in [5.74, 6) is -0.272. The number of para-hydroxylation sites is 1. The minimum absolute atomic E-state index is 0.143. The predicted molar refractivity (Wildman–Crippen MR) is 88.1 cm³/mol. The number of rotatable bonds is 3. The Bertz CT molecular complexity index is 707. The molecule has 1 N–H and O–H groups in total. The monoisotopic (exact) mass is 335 g/mol. The molecule has 7 heteroatoms. The molecule has 1 heterocycles. The van der Waals surface area contributed by atoms with Gasteiger partial charge in [-0.1, -0.05) is 37.8 Å². The van der Waals surface area contributed by atoms with Gasteiger partial charge in [-0.15, -0.1) is 0 Å². The van der Waals surface area contributed by atoms with E-state index in [9.17, 15) is 13.2 Å². The van der Waals surface area contributed by atoms with E-state index in [4.69, 9.17) is 0 Å². The number of carbonyl (C=O) groups excluding carboxylic acids is 1. The lowest BCUT2D eigenvalue weighted by molar-refractivity contribution is -0.121. The number of sulfonamides is 1. The molecule has 0 unspecified atom stereocenters. The van der Waals surface area contributed by atoms with Gasteiger partial charge in [0.05, 0.1) is 5.69 Å². The summed E-state index contributed by atoms with van der Waals surface area (Å²) in [5, 5.41) is 2.96. The maximum Gasteiger partial charge on any atom is 0.267 e. The van der Waals surface area contributed by atoms with Crippen LogP contribution in [0.5, 0.6) is 0 Å². The lowest BCUT2D eigenvalue weighted by Crippen LogP contribution is -2.44. The van der Waals surface area contributed by atoms with Gasteiger partial charge in [0.25, 0.3) is 10.0 Å². The standard InChI is InChI=1S/C16H21N3O3S/c20-16(18-13-7-3-1-2-4-8-13)11-19-12-17-14-9-5-6-10-15(14)23(19,21)22/h5-6,9-10,12-13H,1-4,7-8,11H2,(H,18,20). The normalized spacial score (nSPS) is 20.6. The molecule has 1 aliphatic carbocycles. The fourth-order valence-corrected chi connectivity index (χ4v) is 4.41. The topological polar surface area (TPSA) is 78.8 Å². The molecule has 1 aliphatic heterocycles. The zero-order valence-electron chi connectivity index (χ0n) is 12.9. The Morgan fingerprint density at radius 1 is 1.17 bits per heavy atom. The average Bonchev–Trinajstić information content (AvgIpc) is 2.79. The molecule has 1 saturated carbocycles. The van der Waals surface area contributed by atoms with Crippen LogP contribution in [-0.4, -0.2) is 37.6 Å². The molecule has 0 atom stereocenters. The van der Waals surface area contributed by atoms with E-state index >= 15 is 0 Å². The summed E-state index contributed by atoms with van der Waals surface area (Å²) in [7, 11) is -3.70. The van der Waals surface area contributed by atoms with Crippen molar-refractivity contribution in [2.45, 2.75) is 49.5 Å². The molecule has 0 saturated heterocycles. The molecule has 0 bridgehead atoms. The van der Waals surface area contributed by atoms with E-state index in [1.807, 2.05) is 0 Å². The first-order valence-electron chi connectivity index (χ1n) is 8.02. The van der Waals surface area contributed by atoms with Crippen molar-refractivity contribution in [2.24, 2.45) is 4.99 Å². The van der Waals surface area contributed by atoms with E-state index in [1.165, 1.54) is 25.2 Å². The van der Waals surface area contributed by atoms with Gasteiger partial charge in [-0.2, -0.15) is 0 Å². The van der Waals surface area contributed by atoms with Crippen molar-refractivity contribution in [3.05, 3.63) is 24.3 Å². The summed E-state index contributed by atoms with van der Waals surface area (Å²) in [4.78, 5) is 16.5. The Kier molecular flexibility index (Phi) is 4.66. The SMILES string of the molecule is O=C(CN1C=Nc2ccccc2S1(=O)=O)NC1CCCCCC1. The van der Waals surface area contributed by atoms with Crippen molar-refractivity contribution < 1.29 is 13.2 Å².